The van der Waals surface area contributed by atoms with Gasteiger partial charge in [0, 0.05) is 23.2 Å². The molecule has 1 saturated carbocycles. The molecule has 1 aliphatic heterocycles. The lowest BCUT2D eigenvalue weighted by molar-refractivity contribution is 0.0727. The fourth-order valence-corrected chi connectivity index (χ4v) is 3.17. The molecule has 1 saturated heterocycles. The highest BCUT2D eigenvalue weighted by Gasteiger charge is 2.41. The van der Waals surface area contributed by atoms with Crippen molar-refractivity contribution in [2.24, 2.45) is 5.92 Å². The Balaban J connectivity index is 1.52. The highest BCUT2D eigenvalue weighted by Crippen LogP contribution is 2.38. The Hall–Kier alpha value is -2.01. The molecule has 2 fully saturated rings. The summed E-state index contributed by atoms with van der Waals surface area (Å²) in [7, 11) is 0. The number of carbonyl (C=O) groups excluding carboxylic acids is 1. The number of aromatic nitrogens is 1. The Kier molecular flexibility index (Phi) is 2.89. The molecule has 2 heterocycles. The minimum atomic E-state index is -0.0640. The van der Waals surface area contributed by atoms with E-state index in [-0.39, 0.29) is 18.1 Å². The number of hydrogen-bond acceptors (Lipinski definition) is 3. The smallest absolute Gasteiger partial charge is 0.268 e. The zero-order chi connectivity index (χ0) is 14.4. The molecule has 21 heavy (non-hydrogen) atoms. The quantitative estimate of drug-likeness (QED) is 0.755. The summed E-state index contributed by atoms with van der Waals surface area (Å²) in [5.41, 5.74) is 7.98. The zero-order valence-electron chi connectivity index (χ0n) is 11.8. The van der Waals surface area contributed by atoms with Gasteiger partial charge in [0.1, 0.15) is 5.69 Å². The van der Waals surface area contributed by atoms with E-state index >= 15 is 0 Å². The van der Waals surface area contributed by atoms with E-state index in [0.717, 1.165) is 23.9 Å². The van der Waals surface area contributed by atoms with Gasteiger partial charge in [-0.3, -0.25) is 4.79 Å². The Labute approximate surface area is 122 Å². The molecule has 5 heteroatoms. The van der Waals surface area contributed by atoms with Gasteiger partial charge in [0.05, 0.1) is 12.1 Å². The van der Waals surface area contributed by atoms with Crippen LogP contribution in [-0.4, -0.2) is 29.6 Å². The van der Waals surface area contributed by atoms with Crippen molar-refractivity contribution in [2.75, 3.05) is 12.3 Å². The number of anilines is 1. The van der Waals surface area contributed by atoms with Crippen molar-refractivity contribution in [1.29, 1.82) is 0 Å². The lowest BCUT2D eigenvalue weighted by Crippen LogP contribution is -2.41. The summed E-state index contributed by atoms with van der Waals surface area (Å²) in [6.07, 6.45) is 3.56. The fourth-order valence-electron chi connectivity index (χ4n) is 3.17. The summed E-state index contributed by atoms with van der Waals surface area (Å²) in [5, 5.41) is 4.08. The first-order valence-electron chi connectivity index (χ1n) is 7.51. The van der Waals surface area contributed by atoms with Crippen LogP contribution in [0.15, 0.2) is 24.3 Å². The van der Waals surface area contributed by atoms with Crippen LogP contribution in [0.1, 0.15) is 29.8 Å². The highest BCUT2D eigenvalue weighted by molar-refractivity contribution is 5.98. The molecule has 2 atom stereocenters. The molecule has 4 rings (SSSR count). The molecular formula is C16H19N3O2. The normalized spacial score (nSPS) is 25.3. The zero-order valence-corrected chi connectivity index (χ0v) is 11.8. The van der Waals surface area contributed by atoms with Crippen LogP contribution in [0.25, 0.3) is 10.9 Å². The van der Waals surface area contributed by atoms with Gasteiger partial charge in [-0.05, 0) is 49.4 Å². The summed E-state index contributed by atoms with van der Waals surface area (Å²) in [5.74, 6) is 0.575. The number of hydrogen-bond donors (Lipinski definition) is 3. The molecule has 5 nitrogen and oxygen atoms in total. The number of nitrogens with two attached hydrogens (primary N) is 1. The molecule has 0 spiro atoms. The Bertz CT molecular complexity index is 690. The maximum Gasteiger partial charge on any atom is 0.268 e. The third kappa shape index (κ3) is 2.38. The number of benzene rings is 1. The van der Waals surface area contributed by atoms with E-state index in [0.29, 0.717) is 17.3 Å². The van der Waals surface area contributed by atoms with Crippen molar-refractivity contribution < 1.29 is 9.53 Å². The topological polar surface area (TPSA) is 80.1 Å². The van der Waals surface area contributed by atoms with Crippen LogP contribution in [0, 0.1) is 5.92 Å². The first-order chi connectivity index (χ1) is 10.2. The van der Waals surface area contributed by atoms with E-state index in [4.69, 9.17) is 10.5 Å². The fraction of sp³-hybridized carbons (Fsp3) is 0.438. The molecule has 1 aliphatic carbocycles. The van der Waals surface area contributed by atoms with Gasteiger partial charge in [0.2, 0.25) is 0 Å². The average molecular weight is 285 g/mol. The van der Waals surface area contributed by atoms with Crippen molar-refractivity contribution in [1.82, 2.24) is 10.3 Å². The summed E-state index contributed by atoms with van der Waals surface area (Å²) in [4.78, 5) is 15.6. The second kappa shape index (κ2) is 4.77. The van der Waals surface area contributed by atoms with Gasteiger partial charge in [-0.1, -0.05) is 0 Å². The SMILES string of the molecule is Nc1ccc2[nH]c(C(=O)NC3CCOC3C3CC3)cc2c1. The number of amides is 1. The van der Waals surface area contributed by atoms with Crippen LogP contribution in [0.2, 0.25) is 0 Å². The van der Waals surface area contributed by atoms with Crippen LogP contribution in [0.5, 0.6) is 0 Å². The Morgan fingerprint density at radius 3 is 2.95 bits per heavy atom. The number of rotatable bonds is 3. The van der Waals surface area contributed by atoms with Crippen LogP contribution in [0.3, 0.4) is 0 Å². The third-order valence-corrected chi connectivity index (χ3v) is 4.43. The van der Waals surface area contributed by atoms with E-state index in [1.807, 2.05) is 24.3 Å². The molecule has 0 radical (unpaired) electrons. The van der Waals surface area contributed by atoms with Gasteiger partial charge in [0.25, 0.3) is 5.91 Å². The molecule has 0 bridgehead atoms. The van der Waals surface area contributed by atoms with Crippen molar-refractivity contribution >= 4 is 22.5 Å². The van der Waals surface area contributed by atoms with Gasteiger partial charge in [-0.15, -0.1) is 0 Å². The summed E-state index contributed by atoms with van der Waals surface area (Å²) in [6, 6.07) is 7.58. The molecule has 2 unspecified atom stereocenters. The summed E-state index contributed by atoms with van der Waals surface area (Å²) in [6.45, 7) is 0.745. The number of carbonyl (C=O) groups is 1. The van der Waals surface area contributed by atoms with Crippen molar-refractivity contribution in [3.05, 3.63) is 30.0 Å². The molecular weight excluding hydrogens is 266 g/mol. The molecule has 1 aromatic carbocycles. The molecule has 1 aromatic heterocycles. The first-order valence-corrected chi connectivity index (χ1v) is 7.51. The standard InChI is InChI=1S/C16H19N3O2/c17-11-3-4-12-10(7-11)8-14(18-12)16(20)19-13-5-6-21-15(13)9-1-2-9/h3-4,7-9,13,15,18H,1-2,5-6,17H2,(H,19,20). The molecule has 2 aliphatic rings. The highest BCUT2D eigenvalue weighted by atomic mass is 16.5. The minimum Gasteiger partial charge on any atom is -0.399 e. The van der Waals surface area contributed by atoms with Crippen LogP contribution in [-0.2, 0) is 4.74 Å². The van der Waals surface area contributed by atoms with Crippen molar-refractivity contribution in [3.63, 3.8) is 0 Å². The average Bonchev–Trinajstić information content (AvgIpc) is 3.05. The van der Waals surface area contributed by atoms with E-state index in [1.165, 1.54) is 12.8 Å². The number of nitrogen functional groups attached to an aromatic ring is 1. The van der Waals surface area contributed by atoms with Gasteiger partial charge in [-0.2, -0.15) is 0 Å². The predicted octanol–water partition coefficient (Wildman–Crippen LogP) is 2.05. The molecule has 110 valence electrons. The number of aromatic amines is 1. The largest absolute Gasteiger partial charge is 0.399 e. The third-order valence-electron chi connectivity index (χ3n) is 4.43. The van der Waals surface area contributed by atoms with Crippen molar-refractivity contribution in [2.45, 2.75) is 31.4 Å². The molecule has 4 N–H and O–H groups in total. The Morgan fingerprint density at radius 1 is 1.29 bits per heavy atom. The van der Waals surface area contributed by atoms with Crippen LogP contribution >= 0.6 is 0 Å². The lowest BCUT2D eigenvalue weighted by Gasteiger charge is -2.18. The second-order valence-electron chi connectivity index (χ2n) is 6.07. The number of H-pyrrole nitrogens is 1. The molecule has 1 amide bonds. The van der Waals surface area contributed by atoms with E-state index in [9.17, 15) is 4.79 Å². The monoisotopic (exact) mass is 285 g/mol. The summed E-state index contributed by atoms with van der Waals surface area (Å²) < 4.78 is 5.76. The summed E-state index contributed by atoms with van der Waals surface area (Å²) >= 11 is 0. The van der Waals surface area contributed by atoms with Crippen molar-refractivity contribution in [3.8, 4) is 0 Å². The van der Waals surface area contributed by atoms with Gasteiger partial charge >= 0.3 is 0 Å². The number of fused-ring (bicyclic) bond motifs is 1. The second-order valence-corrected chi connectivity index (χ2v) is 6.07. The van der Waals surface area contributed by atoms with Gasteiger partial charge in [-0.25, -0.2) is 0 Å². The van der Waals surface area contributed by atoms with Gasteiger partial charge in [0.15, 0.2) is 0 Å². The Morgan fingerprint density at radius 2 is 2.14 bits per heavy atom. The maximum atomic E-state index is 12.4. The van der Waals surface area contributed by atoms with Gasteiger partial charge < -0.3 is 20.8 Å². The van der Waals surface area contributed by atoms with E-state index in [1.54, 1.807) is 0 Å². The van der Waals surface area contributed by atoms with E-state index < -0.39 is 0 Å². The predicted molar refractivity (Wildman–Crippen MR) is 81.0 cm³/mol. The number of ether oxygens (including phenoxy) is 1. The molecule has 2 aromatic rings. The number of nitrogens with one attached hydrogen (secondary N) is 2. The van der Waals surface area contributed by atoms with Crippen LogP contribution in [0.4, 0.5) is 5.69 Å². The maximum absolute atomic E-state index is 12.4. The van der Waals surface area contributed by atoms with E-state index in [2.05, 4.69) is 10.3 Å². The first kappa shape index (κ1) is 12.7. The van der Waals surface area contributed by atoms with Crippen LogP contribution < -0.4 is 11.1 Å². The minimum absolute atomic E-state index is 0.0640. The lowest BCUT2D eigenvalue weighted by atomic mass is 10.1.